The van der Waals surface area contributed by atoms with Gasteiger partial charge in [0.15, 0.2) is 17.2 Å². The minimum atomic E-state index is -1.17. The van der Waals surface area contributed by atoms with Crippen molar-refractivity contribution in [3.8, 4) is 22.6 Å². The molecule has 1 heterocycles. The maximum Gasteiger partial charge on any atom is 0.249 e. The third-order valence-corrected chi connectivity index (χ3v) is 6.52. The highest BCUT2D eigenvalue weighted by molar-refractivity contribution is 6.34. The van der Waals surface area contributed by atoms with Crippen molar-refractivity contribution < 1.29 is 28.2 Å². The van der Waals surface area contributed by atoms with Crippen molar-refractivity contribution in [1.29, 1.82) is 0 Å². The topological polar surface area (TPSA) is 93.8 Å². The predicted octanol–water partition coefficient (Wildman–Crippen LogP) is 3.98. The van der Waals surface area contributed by atoms with Crippen molar-refractivity contribution in [3.05, 3.63) is 81.9 Å². The number of likely N-dealkylation sites (N-methyl/N-ethyl adjacent to an activating group) is 1. The molecule has 2 atom stereocenters. The average Bonchev–Trinajstić information content (AvgIpc) is 3.14. The molecule has 9 heteroatoms. The van der Waals surface area contributed by atoms with Crippen LogP contribution in [-0.4, -0.2) is 38.3 Å². The standard InChI is InChI=1S/C25H23ClF2N2O4/c1-30-12-25(13-6-4-3-5-7-13)15(11-31)20-18(34-25)10-16(27)22(26)21(20)19-14(24(29)32)8-9-17(33-2)23(19)28/h3-10,15,30-31H,11-12H2,1-2H3,(H2,29,32)/t15-,25+/m0/s1. The van der Waals surface area contributed by atoms with Gasteiger partial charge >= 0.3 is 0 Å². The first-order valence-electron chi connectivity index (χ1n) is 10.5. The molecule has 0 spiro atoms. The largest absolute Gasteiger partial charge is 0.494 e. The number of carbonyl (C=O) groups is 1. The second-order valence-electron chi connectivity index (χ2n) is 7.95. The molecule has 1 aliphatic heterocycles. The van der Waals surface area contributed by atoms with Crippen molar-refractivity contribution in [2.75, 3.05) is 27.3 Å². The molecule has 6 nitrogen and oxygen atoms in total. The van der Waals surface area contributed by atoms with E-state index in [0.29, 0.717) is 5.56 Å². The number of ether oxygens (including phenoxy) is 2. The number of hydrogen-bond acceptors (Lipinski definition) is 5. The SMILES string of the molecule is CNC[C@]1(c2ccccc2)Oc2cc(F)c(Cl)c(-c3c(C(N)=O)ccc(OC)c3F)c2[C@@H]1CO. The summed E-state index contributed by atoms with van der Waals surface area (Å²) in [6, 6.07) is 12.8. The lowest BCUT2D eigenvalue weighted by atomic mass is 9.76. The van der Waals surface area contributed by atoms with Crippen LogP contribution >= 0.6 is 11.6 Å². The van der Waals surface area contributed by atoms with Gasteiger partial charge in [0.2, 0.25) is 5.91 Å². The van der Waals surface area contributed by atoms with Gasteiger partial charge in [-0.2, -0.15) is 0 Å². The number of benzene rings is 3. The molecule has 0 aromatic heterocycles. The van der Waals surface area contributed by atoms with Gasteiger partial charge in [-0.1, -0.05) is 41.9 Å². The number of aliphatic hydroxyl groups is 1. The average molecular weight is 489 g/mol. The number of amides is 1. The van der Waals surface area contributed by atoms with E-state index >= 15 is 8.78 Å². The Labute approximate surface area is 200 Å². The smallest absolute Gasteiger partial charge is 0.249 e. The van der Waals surface area contributed by atoms with Gasteiger partial charge in [0.25, 0.3) is 0 Å². The van der Waals surface area contributed by atoms with Gasteiger partial charge in [-0.3, -0.25) is 4.79 Å². The van der Waals surface area contributed by atoms with Crippen LogP contribution in [-0.2, 0) is 5.60 Å². The Morgan fingerprint density at radius 2 is 1.94 bits per heavy atom. The van der Waals surface area contributed by atoms with Crippen molar-refractivity contribution in [2.45, 2.75) is 11.5 Å². The molecule has 178 valence electrons. The van der Waals surface area contributed by atoms with Gasteiger partial charge in [-0.05, 0) is 24.7 Å². The molecule has 0 saturated heterocycles. The van der Waals surface area contributed by atoms with E-state index < -0.39 is 40.7 Å². The Bertz CT molecular complexity index is 1260. The van der Waals surface area contributed by atoms with E-state index in [1.807, 2.05) is 30.3 Å². The first-order valence-corrected chi connectivity index (χ1v) is 10.9. The lowest BCUT2D eigenvalue weighted by molar-refractivity contribution is 0.0440. The molecule has 34 heavy (non-hydrogen) atoms. The van der Waals surface area contributed by atoms with E-state index in [1.165, 1.54) is 19.2 Å². The summed E-state index contributed by atoms with van der Waals surface area (Å²) in [5.41, 5.74) is 4.70. The van der Waals surface area contributed by atoms with Crippen LogP contribution in [0.5, 0.6) is 11.5 Å². The molecule has 0 radical (unpaired) electrons. The molecule has 4 rings (SSSR count). The number of nitrogens with one attached hydrogen (secondary N) is 1. The highest BCUT2D eigenvalue weighted by Gasteiger charge is 2.51. The van der Waals surface area contributed by atoms with Gasteiger partial charge in [0.1, 0.15) is 11.6 Å². The second-order valence-corrected chi connectivity index (χ2v) is 8.33. The summed E-state index contributed by atoms with van der Waals surface area (Å²) in [6.45, 7) is -0.200. The third kappa shape index (κ3) is 3.58. The first-order chi connectivity index (χ1) is 16.3. The van der Waals surface area contributed by atoms with Crippen LogP contribution in [0.25, 0.3) is 11.1 Å². The molecule has 4 N–H and O–H groups in total. The zero-order valence-corrected chi connectivity index (χ0v) is 19.2. The molecule has 1 amide bonds. The van der Waals surface area contributed by atoms with Crippen molar-refractivity contribution in [3.63, 3.8) is 0 Å². The Morgan fingerprint density at radius 3 is 2.53 bits per heavy atom. The summed E-state index contributed by atoms with van der Waals surface area (Å²) in [5, 5.41) is 13.2. The van der Waals surface area contributed by atoms with Crippen molar-refractivity contribution in [1.82, 2.24) is 5.32 Å². The lowest BCUT2D eigenvalue weighted by Gasteiger charge is -2.34. The zero-order chi connectivity index (χ0) is 24.6. The van der Waals surface area contributed by atoms with Crippen LogP contribution in [0.4, 0.5) is 8.78 Å². The van der Waals surface area contributed by atoms with E-state index in [9.17, 15) is 9.90 Å². The molecule has 0 bridgehead atoms. The van der Waals surface area contributed by atoms with E-state index in [-0.39, 0.29) is 40.3 Å². The fourth-order valence-electron chi connectivity index (χ4n) is 4.70. The maximum atomic E-state index is 15.6. The highest BCUT2D eigenvalue weighted by Crippen LogP contribution is 2.56. The summed E-state index contributed by atoms with van der Waals surface area (Å²) in [7, 11) is 2.98. The zero-order valence-electron chi connectivity index (χ0n) is 18.5. The minimum absolute atomic E-state index is 0.0766. The quantitative estimate of drug-likeness (QED) is 0.468. The molecule has 0 fully saturated rings. The molecule has 3 aromatic carbocycles. The molecule has 0 saturated carbocycles. The van der Waals surface area contributed by atoms with Crippen molar-refractivity contribution >= 4 is 17.5 Å². The Hall–Kier alpha value is -3.20. The Kier molecular flexibility index (Phi) is 6.49. The van der Waals surface area contributed by atoms with Gasteiger partial charge < -0.3 is 25.6 Å². The fraction of sp³-hybridized carbons (Fsp3) is 0.240. The number of primary amides is 1. The van der Waals surface area contributed by atoms with Crippen LogP contribution in [0.3, 0.4) is 0 Å². The number of nitrogens with two attached hydrogens (primary N) is 1. The maximum absolute atomic E-state index is 15.6. The third-order valence-electron chi connectivity index (χ3n) is 6.15. The van der Waals surface area contributed by atoms with Gasteiger partial charge in [-0.15, -0.1) is 0 Å². The summed E-state index contributed by atoms with van der Waals surface area (Å²) in [6.07, 6.45) is 0. The number of rotatable bonds is 7. The van der Waals surface area contributed by atoms with Gasteiger partial charge in [0.05, 0.1) is 30.2 Å². The summed E-state index contributed by atoms with van der Waals surface area (Å²) < 4.78 is 42.1. The number of methoxy groups -OCH3 is 1. The number of hydrogen-bond donors (Lipinski definition) is 3. The summed E-state index contributed by atoms with van der Waals surface area (Å²) in [5.74, 6) is -3.65. The van der Waals surface area contributed by atoms with Gasteiger partial charge in [0, 0.05) is 29.3 Å². The fourth-order valence-corrected chi connectivity index (χ4v) is 4.95. The molecule has 1 aliphatic rings. The monoisotopic (exact) mass is 488 g/mol. The molecular formula is C25H23ClF2N2O4. The van der Waals surface area contributed by atoms with Crippen LogP contribution < -0.4 is 20.5 Å². The van der Waals surface area contributed by atoms with E-state index in [1.54, 1.807) is 7.05 Å². The Morgan fingerprint density at radius 1 is 1.24 bits per heavy atom. The van der Waals surface area contributed by atoms with E-state index in [4.69, 9.17) is 26.8 Å². The van der Waals surface area contributed by atoms with Crippen LogP contribution in [0.2, 0.25) is 5.02 Å². The number of fused-ring (bicyclic) bond motifs is 1. The minimum Gasteiger partial charge on any atom is -0.494 e. The number of carbonyl (C=O) groups excluding carboxylic acids is 1. The second kappa shape index (κ2) is 9.21. The molecule has 0 aliphatic carbocycles. The lowest BCUT2D eigenvalue weighted by Crippen LogP contribution is -2.45. The van der Waals surface area contributed by atoms with Crippen LogP contribution in [0.15, 0.2) is 48.5 Å². The predicted molar refractivity (Wildman–Crippen MR) is 124 cm³/mol. The number of aliphatic hydroxyl groups excluding tert-OH is 1. The highest BCUT2D eigenvalue weighted by atomic mass is 35.5. The van der Waals surface area contributed by atoms with E-state index in [0.717, 1.165) is 6.07 Å². The molecular weight excluding hydrogens is 466 g/mol. The molecule has 0 unspecified atom stereocenters. The first kappa shape index (κ1) is 23.9. The molecule has 3 aromatic rings. The van der Waals surface area contributed by atoms with E-state index in [2.05, 4.69) is 5.32 Å². The van der Waals surface area contributed by atoms with Crippen LogP contribution in [0.1, 0.15) is 27.4 Å². The normalized spacial score (nSPS) is 18.9. The summed E-state index contributed by atoms with van der Waals surface area (Å²) >= 11 is 6.41. The summed E-state index contributed by atoms with van der Waals surface area (Å²) in [4.78, 5) is 12.2. The van der Waals surface area contributed by atoms with Gasteiger partial charge in [-0.25, -0.2) is 8.78 Å². The van der Waals surface area contributed by atoms with Crippen LogP contribution in [0, 0.1) is 11.6 Å². The van der Waals surface area contributed by atoms with Crippen molar-refractivity contribution in [2.24, 2.45) is 5.73 Å². The Balaban J connectivity index is 2.09. The number of halogens is 3.